The summed E-state index contributed by atoms with van der Waals surface area (Å²) in [5.41, 5.74) is 6.61. The van der Waals surface area contributed by atoms with E-state index in [-0.39, 0.29) is 6.61 Å². The summed E-state index contributed by atoms with van der Waals surface area (Å²) < 4.78 is 11.8. The maximum absolute atomic E-state index is 10.8. The first kappa shape index (κ1) is 26.6. The highest BCUT2D eigenvalue weighted by Crippen LogP contribution is 2.31. The van der Waals surface area contributed by atoms with Gasteiger partial charge in [-0.05, 0) is 82.8 Å². The smallest absolute Gasteiger partial charge is 0.341 e. The van der Waals surface area contributed by atoms with Crippen LogP contribution in [0.25, 0.3) is 16.7 Å². The van der Waals surface area contributed by atoms with Gasteiger partial charge >= 0.3 is 5.97 Å². The summed E-state index contributed by atoms with van der Waals surface area (Å²) in [5.74, 6) is 1.22. The minimum Gasteiger partial charge on any atom is -0.497 e. The molecule has 0 saturated carbocycles. The zero-order valence-electron chi connectivity index (χ0n) is 20.6. The molecular weight excluding hydrogens is 548 g/mol. The van der Waals surface area contributed by atoms with Gasteiger partial charge in [-0.3, -0.25) is 0 Å². The van der Waals surface area contributed by atoms with E-state index in [0.29, 0.717) is 5.75 Å². The van der Waals surface area contributed by atoms with E-state index in [1.807, 2.05) is 43.3 Å². The molecule has 4 aromatic rings. The predicted molar refractivity (Wildman–Crippen MR) is 155 cm³/mol. The molecule has 188 valence electrons. The number of methoxy groups -OCH3 is 1. The summed E-state index contributed by atoms with van der Waals surface area (Å²) in [4.78, 5) is 11.9. The third-order valence-electron chi connectivity index (χ3n) is 5.79. The van der Waals surface area contributed by atoms with Crippen molar-refractivity contribution in [3.05, 3.63) is 118 Å². The second-order valence-electron chi connectivity index (χ2n) is 8.35. The molecule has 0 saturated heterocycles. The minimum atomic E-state index is -0.986. The Morgan fingerprint density at radius 3 is 2.27 bits per heavy atom. The van der Waals surface area contributed by atoms with Gasteiger partial charge in [0.15, 0.2) is 6.61 Å². The Labute approximate surface area is 230 Å². The number of aliphatic carboxylic acids is 1. The van der Waals surface area contributed by atoms with Crippen molar-refractivity contribution in [3.63, 3.8) is 0 Å². The van der Waals surface area contributed by atoms with Crippen LogP contribution in [-0.2, 0) is 4.79 Å². The minimum absolute atomic E-state index is 0.344. The molecular formula is C31H27BrO4S. The van der Waals surface area contributed by atoms with Crippen LogP contribution in [0.3, 0.4) is 0 Å². The lowest BCUT2D eigenvalue weighted by Crippen LogP contribution is -2.09. The molecule has 4 rings (SSSR count). The van der Waals surface area contributed by atoms with Gasteiger partial charge in [0.1, 0.15) is 11.5 Å². The van der Waals surface area contributed by atoms with Gasteiger partial charge in [0.05, 0.1) is 7.11 Å². The summed E-state index contributed by atoms with van der Waals surface area (Å²) in [6.45, 7) is 1.58. The molecule has 4 nitrogen and oxygen atoms in total. The van der Waals surface area contributed by atoms with Crippen LogP contribution in [0, 0.1) is 6.92 Å². The molecule has 0 aliphatic carbocycles. The molecule has 0 unspecified atom stereocenters. The predicted octanol–water partition coefficient (Wildman–Crippen LogP) is 8.12. The van der Waals surface area contributed by atoms with Gasteiger partial charge in [0.25, 0.3) is 0 Å². The third-order valence-corrected chi connectivity index (χ3v) is 7.24. The molecule has 0 radical (unpaired) electrons. The quantitative estimate of drug-likeness (QED) is 0.194. The van der Waals surface area contributed by atoms with Crippen molar-refractivity contribution in [3.8, 4) is 22.6 Å². The van der Waals surface area contributed by atoms with Crippen molar-refractivity contribution >= 4 is 39.2 Å². The maximum atomic E-state index is 10.8. The summed E-state index contributed by atoms with van der Waals surface area (Å²) in [6.07, 6.45) is 2.25. The number of carboxylic acids is 1. The average Bonchev–Trinajstić information content (AvgIpc) is 2.91. The van der Waals surface area contributed by atoms with E-state index in [0.717, 1.165) is 54.3 Å². The van der Waals surface area contributed by atoms with Crippen LogP contribution in [0.2, 0.25) is 0 Å². The third kappa shape index (κ3) is 7.28. The number of carboxylic acid groups (broad SMARTS) is 1. The Balaban J connectivity index is 1.55. The van der Waals surface area contributed by atoms with E-state index in [2.05, 4.69) is 76.6 Å². The van der Waals surface area contributed by atoms with Crippen LogP contribution in [0.5, 0.6) is 11.5 Å². The number of halogens is 1. The number of hydrogen-bond acceptors (Lipinski definition) is 4. The molecule has 6 heteroatoms. The fourth-order valence-electron chi connectivity index (χ4n) is 3.91. The highest BCUT2D eigenvalue weighted by atomic mass is 79.9. The molecule has 0 bridgehead atoms. The lowest BCUT2D eigenvalue weighted by atomic mass is 9.95. The van der Waals surface area contributed by atoms with Crippen molar-refractivity contribution in [2.45, 2.75) is 11.8 Å². The molecule has 0 amide bonds. The highest BCUT2D eigenvalue weighted by Gasteiger charge is 2.08. The largest absolute Gasteiger partial charge is 0.497 e. The summed E-state index contributed by atoms with van der Waals surface area (Å²) in [6, 6.07) is 30.8. The van der Waals surface area contributed by atoms with Crippen molar-refractivity contribution < 1.29 is 19.4 Å². The van der Waals surface area contributed by atoms with Crippen LogP contribution in [0.15, 0.2) is 106 Å². The van der Waals surface area contributed by atoms with Crippen LogP contribution in [0.1, 0.15) is 16.7 Å². The number of thioether (sulfide) groups is 1. The van der Waals surface area contributed by atoms with E-state index in [1.54, 1.807) is 18.9 Å². The fraction of sp³-hybridized carbons (Fsp3) is 0.129. The molecule has 4 aromatic carbocycles. The topological polar surface area (TPSA) is 55.8 Å². The molecule has 0 atom stereocenters. The molecule has 1 N–H and O–H groups in total. The molecule has 0 heterocycles. The second kappa shape index (κ2) is 12.7. The summed E-state index contributed by atoms with van der Waals surface area (Å²) in [7, 11) is 1.68. The standard InChI is InChI=1S/C31H27BrO4S/c1-21-18-28(14-15-30(21)36-20-31(33)34)37-17-16-29(24-10-12-26(32)13-11-24)23-8-6-22(7-9-23)25-4-3-5-27(19-25)35-2/h3-16,18-19H,17,20H2,1-2H3,(H,33,34)/b29-16+. The van der Waals surface area contributed by atoms with Crippen molar-refractivity contribution in [1.29, 1.82) is 0 Å². The molecule has 0 aliphatic rings. The zero-order chi connectivity index (χ0) is 26.2. The Hall–Kier alpha value is -3.48. The van der Waals surface area contributed by atoms with Gasteiger partial charge in [-0.15, -0.1) is 11.8 Å². The first-order valence-electron chi connectivity index (χ1n) is 11.7. The number of hydrogen-bond donors (Lipinski definition) is 1. The SMILES string of the molecule is COc1cccc(-c2ccc(/C(=C\CSc3ccc(OCC(=O)O)c(C)c3)c3ccc(Br)cc3)cc2)c1. The van der Waals surface area contributed by atoms with E-state index in [4.69, 9.17) is 14.6 Å². The fourth-order valence-corrected chi connectivity index (χ4v) is 5.04. The summed E-state index contributed by atoms with van der Waals surface area (Å²) in [5, 5.41) is 8.84. The van der Waals surface area contributed by atoms with Gasteiger partial charge in [-0.25, -0.2) is 4.79 Å². The molecule has 37 heavy (non-hydrogen) atoms. The van der Waals surface area contributed by atoms with Crippen LogP contribution in [0.4, 0.5) is 0 Å². The molecule has 0 aliphatic heterocycles. The Bertz CT molecular complexity index is 1400. The van der Waals surface area contributed by atoms with E-state index >= 15 is 0 Å². The van der Waals surface area contributed by atoms with Crippen molar-refractivity contribution in [2.24, 2.45) is 0 Å². The number of ether oxygens (including phenoxy) is 2. The van der Waals surface area contributed by atoms with Crippen LogP contribution >= 0.6 is 27.7 Å². The monoisotopic (exact) mass is 574 g/mol. The first-order chi connectivity index (χ1) is 17.9. The molecule has 0 fully saturated rings. The normalized spacial score (nSPS) is 11.3. The van der Waals surface area contributed by atoms with Crippen LogP contribution in [-0.4, -0.2) is 30.5 Å². The van der Waals surface area contributed by atoms with E-state index in [9.17, 15) is 4.79 Å². The zero-order valence-corrected chi connectivity index (χ0v) is 23.0. The Morgan fingerprint density at radius 1 is 0.919 bits per heavy atom. The number of carbonyl (C=O) groups is 1. The van der Waals surface area contributed by atoms with Gasteiger partial charge in [-0.1, -0.05) is 70.5 Å². The summed E-state index contributed by atoms with van der Waals surface area (Å²) >= 11 is 5.26. The van der Waals surface area contributed by atoms with Crippen molar-refractivity contribution in [2.75, 3.05) is 19.5 Å². The maximum Gasteiger partial charge on any atom is 0.341 e. The Kier molecular flexibility index (Phi) is 9.09. The number of rotatable bonds is 10. The lowest BCUT2D eigenvalue weighted by Gasteiger charge is -2.12. The van der Waals surface area contributed by atoms with Gasteiger partial charge < -0.3 is 14.6 Å². The molecule has 0 aromatic heterocycles. The van der Waals surface area contributed by atoms with E-state index < -0.39 is 5.97 Å². The first-order valence-corrected chi connectivity index (χ1v) is 13.5. The van der Waals surface area contributed by atoms with Gasteiger partial charge in [0.2, 0.25) is 0 Å². The van der Waals surface area contributed by atoms with Crippen molar-refractivity contribution in [1.82, 2.24) is 0 Å². The number of benzene rings is 4. The van der Waals surface area contributed by atoms with Gasteiger partial charge in [-0.2, -0.15) is 0 Å². The number of aryl methyl sites for hydroxylation is 1. The Morgan fingerprint density at radius 2 is 1.62 bits per heavy atom. The highest BCUT2D eigenvalue weighted by molar-refractivity contribution is 9.10. The average molecular weight is 576 g/mol. The lowest BCUT2D eigenvalue weighted by molar-refractivity contribution is -0.139. The van der Waals surface area contributed by atoms with E-state index in [1.165, 1.54) is 0 Å². The van der Waals surface area contributed by atoms with Gasteiger partial charge in [0, 0.05) is 15.1 Å². The van der Waals surface area contributed by atoms with Crippen LogP contribution < -0.4 is 9.47 Å². The second-order valence-corrected chi connectivity index (χ2v) is 10.4. The molecule has 0 spiro atoms.